The summed E-state index contributed by atoms with van der Waals surface area (Å²) in [5.41, 5.74) is 4.04. The van der Waals surface area contributed by atoms with E-state index in [-0.39, 0.29) is 11.7 Å². The Bertz CT molecular complexity index is 1100. The maximum atomic E-state index is 12.3. The van der Waals surface area contributed by atoms with Crippen LogP contribution in [0.25, 0.3) is 0 Å². The molecule has 2 aromatic carbocycles. The smallest absolute Gasteiger partial charge is 0.170 e. The number of benzene rings is 2. The molecule has 1 atom stereocenters. The average molecular weight is 398 g/mol. The van der Waals surface area contributed by atoms with Crippen LogP contribution in [0.3, 0.4) is 0 Å². The first-order valence-electron chi connectivity index (χ1n) is 9.97. The molecule has 1 aliphatic heterocycles. The molecular weight excluding hydrogens is 376 g/mol. The quantitative estimate of drug-likeness (QED) is 0.590. The zero-order valence-electron chi connectivity index (χ0n) is 17.0. The third kappa shape index (κ3) is 3.90. The normalized spacial score (nSPS) is 13.9. The van der Waals surface area contributed by atoms with Gasteiger partial charge in [0, 0.05) is 24.9 Å². The lowest BCUT2D eigenvalue weighted by molar-refractivity contribution is 0.0933. The Morgan fingerprint density at radius 3 is 2.43 bits per heavy atom. The summed E-state index contributed by atoms with van der Waals surface area (Å²) < 4.78 is 12.3. The fraction of sp³-hybridized carbons (Fsp3) is 0.240. The molecule has 1 aliphatic rings. The Labute approximate surface area is 175 Å². The lowest BCUT2D eigenvalue weighted by atomic mass is 9.95. The maximum Gasteiger partial charge on any atom is 0.170 e. The van der Waals surface area contributed by atoms with Crippen LogP contribution in [0.15, 0.2) is 60.9 Å². The molecule has 30 heavy (non-hydrogen) atoms. The molecule has 4 rings (SSSR count). The van der Waals surface area contributed by atoms with Crippen LogP contribution in [0.5, 0.6) is 11.5 Å². The van der Waals surface area contributed by atoms with Crippen molar-refractivity contribution in [2.24, 2.45) is 0 Å². The number of Topliss-reactive ketones (excluding diaryl/α,β-unsaturated/α-hetero) is 1. The van der Waals surface area contributed by atoms with E-state index >= 15 is 0 Å². The molecule has 5 nitrogen and oxygen atoms in total. The van der Waals surface area contributed by atoms with Crippen LogP contribution >= 0.6 is 0 Å². The van der Waals surface area contributed by atoms with Crippen LogP contribution in [0.4, 0.5) is 0 Å². The van der Waals surface area contributed by atoms with Gasteiger partial charge in [0.25, 0.3) is 0 Å². The van der Waals surface area contributed by atoms with Crippen LogP contribution in [-0.4, -0.2) is 17.4 Å². The summed E-state index contributed by atoms with van der Waals surface area (Å²) >= 11 is 0. The number of hydrogen-bond donors (Lipinski definition) is 0. The highest BCUT2D eigenvalue weighted by Crippen LogP contribution is 2.39. The largest absolute Gasteiger partial charge is 0.492 e. The fourth-order valence-corrected chi connectivity index (χ4v) is 3.58. The zero-order chi connectivity index (χ0) is 21.1. The Morgan fingerprint density at radius 1 is 1.07 bits per heavy atom. The van der Waals surface area contributed by atoms with E-state index in [0.717, 1.165) is 16.7 Å². The van der Waals surface area contributed by atoms with Crippen LogP contribution in [-0.2, 0) is 0 Å². The lowest BCUT2D eigenvalue weighted by Gasteiger charge is -2.25. The van der Waals surface area contributed by atoms with Gasteiger partial charge >= 0.3 is 0 Å². The molecule has 0 bridgehead atoms. The van der Waals surface area contributed by atoms with Crippen LogP contribution in [0, 0.1) is 11.3 Å². The Morgan fingerprint density at radius 2 is 1.77 bits per heavy atom. The van der Waals surface area contributed by atoms with Crippen molar-refractivity contribution < 1.29 is 14.3 Å². The second-order valence-electron chi connectivity index (χ2n) is 7.57. The van der Waals surface area contributed by atoms with Gasteiger partial charge in [-0.1, -0.05) is 26.0 Å². The highest BCUT2D eigenvalue weighted by molar-refractivity contribution is 6.00. The Hall–Kier alpha value is -3.65. The van der Waals surface area contributed by atoms with Gasteiger partial charge in [-0.15, -0.1) is 0 Å². The summed E-state index contributed by atoms with van der Waals surface area (Å²) in [4.78, 5) is 16.5. The van der Waals surface area contributed by atoms with Gasteiger partial charge in [-0.05, 0) is 52.9 Å². The van der Waals surface area contributed by atoms with Gasteiger partial charge in [-0.25, -0.2) is 0 Å². The summed E-state index contributed by atoms with van der Waals surface area (Å²) in [6.07, 6.45) is 3.46. The fourth-order valence-electron chi connectivity index (χ4n) is 3.58. The zero-order valence-corrected chi connectivity index (χ0v) is 17.0. The van der Waals surface area contributed by atoms with Crippen molar-refractivity contribution in [2.45, 2.75) is 32.3 Å². The monoisotopic (exact) mass is 398 g/mol. The molecular formula is C25H22N2O3. The number of hydrogen-bond acceptors (Lipinski definition) is 5. The van der Waals surface area contributed by atoms with Crippen molar-refractivity contribution in [3.05, 3.63) is 88.7 Å². The van der Waals surface area contributed by atoms with Gasteiger partial charge in [0.1, 0.15) is 17.6 Å². The summed E-state index contributed by atoms with van der Waals surface area (Å²) in [6.45, 7) is 4.54. The second-order valence-corrected chi connectivity index (χ2v) is 7.57. The van der Waals surface area contributed by atoms with Gasteiger partial charge in [0.05, 0.1) is 23.8 Å². The van der Waals surface area contributed by atoms with Crippen LogP contribution in [0.1, 0.15) is 64.9 Å². The molecule has 150 valence electrons. The predicted octanol–water partition coefficient (Wildman–Crippen LogP) is 5.21. The summed E-state index contributed by atoms with van der Waals surface area (Å²) in [6, 6.07) is 17.1. The number of carbonyl (C=O) groups excluding carboxylic acids is 1. The molecule has 0 radical (unpaired) electrons. The molecule has 0 fully saturated rings. The van der Waals surface area contributed by atoms with E-state index in [1.807, 2.05) is 36.4 Å². The molecule has 0 amide bonds. The third-order valence-corrected chi connectivity index (χ3v) is 5.22. The molecule has 0 aliphatic carbocycles. The first-order valence-corrected chi connectivity index (χ1v) is 9.97. The number of aromatic nitrogens is 1. The maximum absolute atomic E-state index is 12.3. The Kier molecular flexibility index (Phi) is 5.49. The van der Waals surface area contributed by atoms with Gasteiger partial charge in [0.2, 0.25) is 0 Å². The summed E-state index contributed by atoms with van der Waals surface area (Å²) in [5.74, 6) is 1.52. The van der Waals surface area contributed by atoms with E-state index in [2.05, 4.69) is 24.9 Å². The first-order chi connectivity index (χ1) is 14.6. The van der Waals surface area contributed by atoms with E-state index in [0.29, 0.717) is 35.7 Å². The summed E-state index contributed by atoms with van der Waals surface area (Å²) in [5, 5.41) is 9.12. The number of fused-ring (bicyclic) bond motifs is 1. The molecule has 2 heterocycles. The average Bonchev–Trinajstić information content (AvgIpc) is 2.78. The van der Waals surface area contributed by atoms with Gasteiger partial charge in [-0.2, -0.15) is 5.26 Å². The summed E-state index contributed by atoms with van der Waals surface area (Å²) in [7, 11) is 0. The lowest BCUT2D eigenvalue weighted by Crippen LogP contribution is -2.17. The van der Waals surface area contributed by atoms with Crippen molar-refractivity contribution in [1.82, 2.24) is 4.98 Å². The number of rotatable bonds is 5. The first kappa shape index (κ1) is 19.7. The van der Waals surface area contributed by atoms with Crippen molar-refractivity contribution >= 4 is 5.78 Å². The third-order valence-electron chi connectivity index (χ3n) is 5.22. The van der Waals surface area contributed by atoms with Crippen LogP contribution < -0.4 is 9.47 Å². The van der Waals surface area contributed by atoms with Crippen LogP contribution in [0.2, 0.25) is 0 Å². The van der Waals surface area contributed by atoms with E-state index in [1.165, 1.54) is 0 Å². The molecule has 5 heteroatoms. The highest BCUT2D eigenvalue weighted by Gasteiger charge is 2.25. The minimum atomic E-state index is -0.393. The second kappa shape index (κ2) is 8.38. The van der Waals surface area contributed by atoms with E-state index in [9.17, 15) is 4.79 Å². The molecule has 0 saturated carbocycles. The van der Waals surface area contributed by atoms with Gasteiger partial charge < -0.3 is 9.47 Å². The van der Waals surface area contributed by atoms with Gasteiger partial charge in [0.15, 0.2) is 5.78 Å². The molecule has 0 unspecified atom stereocenters. The number of ether oxygens (including phenoxy) is 2. The number of nitriles is 1. The van der Waals surface area contributed by atoms with E-state index in [4.69, 9.17) is 14.7 Å². The topological polar surface area (TPSA) is 72.2 Å². The minimum absolute atomic E-state index is 0.0995. The number of nitrogens with zero attached hydrogens (tertiary/aromatic N) is 2. The minimum Gasteiger partial charge on any atom is -0.492 e. The van der Waals surface area contributed by atoms with E-state index in [1.54, 1.807) is 24.5 Å². The molecule has 0 N–H and O–H groups in total. The molecule has 0 saturated heterocycles. The van der Waals surface area contributed by atoms with E-state index < -0.39 is 6.10 Å². The van der Waals surface area contributed by atoms with Crippen molar-refractivity contribution in [1.29, 1.82) is 5.26 Å². The van der Waals surface area contributed by atoms with Gasteiger partial charge in [-0.3, -0.25) is 9.78 Å². The Balaban J connectivity index is 1.79. The van der Waals surface area contributed by atoms with Crippen molar-refractivity contribution in [2.75, 3.05) is 6.61 Å². The number of ketones is 1. The van der Waals surface area contributed by atoms with Crippen molar-refractivity contribution in [3.63, 3.8) is 0 Å². The SMILES string of the molecule is CC(C)c1cc2c(cc1O[C@@H](c1ccncc1)c1ccc(C#N)cc1)OCCC2=O. The molecule has 3 aromatic rings. The molecule has 0 spiro atoms. The standard InChI is InChI=1S/C25H22N2O3/c1-16(2)20-13-21-22(28)9-12-29-23(21)14-24(20)30-25(19-7-10-27-11-8-19)18-5-3-17(15-26)4-6-18/h3-8,10-11,13-14,16,25H,9,12H2,1-2H3/t25-/m1/s1. The highest BCUT2D eigenvalue weighted by atomic mass is 16.5. The molecule has 1 aromatic heterocycles. The number of carbonyl (C=O) groups is 1. The number of pyridine rings is 1. The van der Waals surface area contributed by atoms with Crippen molar-refractivity contribution in [3.8, 4) is 17.6 Å². The predicted molar refractivity (Wildman–Crippen MR) is 113 cm³/mol.